The minimum absolute atomic E-state index is 0.673. The van der Waals surface area contributed by atoms with Crippen LogP contribution in [0.15, 0.2) is 42.5 Å². The number of rotatable bonds is 2. The van der Waals surface area contributed by atoms with E-state index in [1.165, 1.54) is 0 Å². The maximum absolute atomic E-state index is 11.7. The van der Waals surface area contributed by atoms with Crippen LogP contribution in [-0.2, 0) is 0 Å². The Labute approximate surface area is 74.5 Å². The summed E-state index contributed by atoms with van der Waals surface area (Å²) in [6.07, 6.45) is -1.03. The summed E-state index contributed by atoms with van der Waals surface area (Å²) in [5.41, 5.74) is 0.673. The number of hydrogen-bond acceptors (Lipinski definition) is 0. The van der Waals surface area contributed by atoms with E-state index >= 15 is 0 Å². The van der Waals surface area contributed by atoms with Gasteiger partial charge in [-0.25, -0.2) is 0 Å². The second kappa shape index (κ2) is 4.21. The van der Waals surface area contributed by atoms with Gasteiger partial charge in [-0.3, -0.25) is 0 Å². The van der Waals surface area contributed by atoms with Gasteiger partial charge in [0.25, 0.3) is 6.08 Å². The molecule has 0 bridgehead atoms. The summed E-state index contributed by atoms with van der Waals surface area (Å²) >= 11 is 5.64. The van der Waals surface area contributed by atoms with Crippen LogP contribution in [0.2, 0.25) is 0 Å². The second-order valence-electron chi connectivity index (χ2n) is 2.27. The molecular formula is C9H7ClF2. The first-order valence-electron chi connectivity index (χ1n) is 3.42. The molecule has 1 unspecified atom stereocenters. The van der Waals surface area contributed by atoms with Crippen molar-refractivity contribution in [1.29, 1.82) is 0 Å². The van der Waals surface area contributed by atoms with E-state index in [2.05, 4.69) is 0 Å². The van der Waals surface area contributed by atoms with Gasteiger partial charge in [-0.15, -0.1) is 11.6 Å². The summed E-state index contributed by atoms with van der Waals surface area (Å²) in [4.78, 5) is 0. The number of benzene rings is 1. The smallest absolute Gasteiger partial charge is 0.174 e. The summed E-state index contributed by atoms with van der Waals surface area (Å²) < 4.78 is 23.5. The van der Waals surface area contributed by atoms with Crippen molar-refractivity contribution in [2.45, 2.75) is 5.38 Å². The lowest BCUT2D eigenvalue weighted by Crippen LogP contribution is -1.84. The van der Waals surface area contributed by atoms with Crippen molar-refractivity contribution in [3.63, 3.8) is 0 Å². The SMILES string of the molecule is FC(F)=CC(Cl)c1ccccc1. The van der Waals surface area contributed by atoms with Crippen molar-refractivity contribution < 1.29 is 8.78 Å². The van der Waals surface area contributed by atoms with Crippen LogP contribution in [0.1, 0.15) is 10.9 Å². The van der Waals surface area contributed by atoms with E-state index < -0.39 is 11.5 Å². The predicted molar refractivity (Wildman–Crippen MR) is 45.3 cm³/mol. The maximum Gasteiger partial charge on any atom is 0.268 e. The van der Waals surface area contributed by atoms with E-state index in [0.29, 0.717) is 5.56 Å². The monoisotopic (exact) mass is 188 g/mol. The third-order valence-corrected chi connectivity index (χ3v) is 1.77. The summed E-state index contributed by atoms with van der Waals surface area (Å²) in [6, 6.07) is 8.74. The Morgan fingerprint density at radius 1 is 1.25 bits per heavy atom. The summed E-state index contributed by atoms with van der Waals surface area (Å²) in [5.74, 6) is 0. The molecule has 0 saturated heterocycles. The quantitative estimate of drug-likeness (QED) is 0.620. The fourth-order valence-corrected chi connectivity index (χ4v) is 1.08. The molecule has 1 aromatic rings. The molecule has 1 atom stereocenters. The lowest BCUT2D eigenvalue weighted by molar-refractivity contribution is 0.418. The van der Waals surface area contributed by atoms with Gasteiger partial charge >= 0.3 is 0 Å². The van der Waals surface area contributed by atoms with Crippen LogP contribution in [0.3, 0.4) is 0 Å². The van der Waals surface area contributed by atoms with Gasteiger partial charge in [0.2, 0.25) is 0 Å². The molecule has 0 aliphatic heterocycles. The Hall–Kier alpha value is -0.890. The molecule has 1 aromatic carbocycles. The fraction of sp³-hybridized carbons (Fsp3) is 0.111. The van der Waals surface area contributed by atoms with Crippen molar-refractivity contribution in [2.24, 2.45) is 0 Å². The molecular weight excluding hydrogens is 182 g/mol. The Morgan fingerprint density at radius 3 is 2.33 bits per heavy atom. The molecule has 0 heterocycles. The van der Waals surface area contributed by atoms with Gasteiger partial charge in [0.15, 0.2) is 0 Å². The topological polar surface area (TPSA) is 0 Å². The maximum atomic E-state index is 11.7. The first kappa shape index (κ1) is 9.20. The summed E-state index contributed by atoms with van der Waals surface area (Å²) in [5, 5.41) is -0.740. The number of hydrogen-bond donors (Lipinski definition) is 0. The largest absolute Gasteiger partial charge is 0.268 e. The average Bonchev–Trinajstić information content (AvgIpc) is 2.05. The Bertz CT molecular complexity index is 265. The van der Waals surface area contributed by atoms with Crippen LogP contribution in [0, 0.1) is 0 Å². The Balaban J connectivity index is 2.79. The van der Waals surface area contributed by atoms with E-state index in [0.717, 1.165) is 6.08 Å². The third kappa shape index (κ3) is 2.62. The average molecular weight is 189 g/mol. The zero-order chi connectivity index (χ0) is 8.97. The Kier molecular flexibility index (Phi) is 3.23. The molecule has 0 N–H and O–H groups in total. The molecule has 0 amide bonds. The molecule has 3 heteroatoms. The third-order valence-electron chi connectivity index (χ3n) is 1.39. The molecule has 0 nitrogen and oxygen atoms in total. The van der Waals surface area contributed by atoms with E-state index in [9.17, 15) is 8.78 Å². The van der Waals surface area contributed by atoms with Gasteiger partial charge in [-0.05, 0) is 5.56 Å². The second-order valence-corrected chi connectivity index (χ2v) is 2.74. The van der Waals surface area contributed by atoms with Crippen LogP contribution >= 0.6 is 11.6 Å². The van der Waals surface area contributed by atoms with Crippen LogP contribution in [0.5, 0.6) is 0 Å². The minimum atomic E-state index is -1.75. The first-order chi connectivity index (χ1) is 5.70. The number of allylic oxidation sites excluding steroid dienone is 1. The van der Waals surface area contributed by atoms with Crippen molar-refractivity contribution >= 4 is 11.6 Å². The predicted octanol–water partition coefficient (Wildman–Crippen LogP) is 3.75. The normalized spacial score (nSPS) is 12.2. The molecule has 0 aliphatic rings. The molecule has 12 heavy (non-hydrogen) atoms. The van der Waals surface area contributed by atoms with Crippen molar-refractivity contribution in [2.75, 3.05) is 0 Å². The van der Waals surface area contributed by atoms with Crippen LogP contribution in [0.4, 0.5) is 8.78 Å². The van der Waals surface area contributed by atoms with Crippen LogP contribution in [0.25, 0.3) is 0 Å². The minimum Gasteiger partial charge on any atom is -0.174 e. The highest BCUT2D eigenvalue weighted by molar-refractivity contribution is 6.21. The van der Waals surface area contributed by atoms with Gasteiger partial charge in [0.05, 0.1) is 5.38 Å². The highest BCUT2D eigenvalue weighted by Gasteiger charge is 2.04. The highest BCUT2D eigenvalue weighted by atomic mass is 35.5. The zero-order valence-corrected chi connectivity index (χ0v) is 6.93. The molecule has 64 valence electrons. The molecule has 0 aliphatic carbocycles. The van der Waals surface area contributed by atoms with Crippen molar-refractivity contribution in [3.05, 3.63) is 48.1 Å². The van der Waals surface area contributed by atoms with Crippen molar-refractivity contribution in [3.8, 4) is 0 Å². The van der Waals surface area contributed by atoms with E-state index in [4.69, 9.17) is 11.6 Å². The van der Waals surface area contributed by atoms with Gasteiger partial charge in [0, 0.05) is 6.08 Å². The molecule has 1 rings (SSSR count). The highest BCUT2D eigenvalue weighted by Crippen LogP contribution is 2.23. The standard InChI is InChI=1S/C9H7ClF2/c10-8(6-9(11)12)7-4-2-1-3-5-7/h1-6,8H. The van der Waals surface area contributed by atoms with E-state index in [-0.39, 0.29) is 0 Å². The summed E-state index contributed by atoms with van der Waals surface area (Å²) in [7, 11) is 0. The zero-order valence-electron chi connectivity index (χ0n) is 6.18. The molecule has 0 fully saturated rings. The lowest BCUT2D eigenvalue weighted by Gasteiger charge is -2.01. The van der Waals surface area contributed by atoms with Gasteiger partial charge in [-0.2, -0.15) is 8.78 Å². The van der Waals surface area contributed by atoms with Crippen LogP contribution < -0.4 is 0 Å². The van der Waals surface area contributed by atoms with Crippen molar-refractivity contribution in [1.82, 2.24) is 0 Å². The molecule has 0 radical (unpaired) electrons. The van der Waals surface area contributed by atoms with Gasteiger partial charge in [0.1, 0.15) is 0 Å². The Morgan fingerprint density at radius 2 is 1.83 bits per heavy atom. The van der Waals surface area contributed by atoms with Gasteiger partial charge < -0.3 is 0 Å². The van der Waals surface area contributed by atoms with Gasteiger partial charge in [-0.1, -0.05) is 30.3 Å². The summed E-state index contributed by atoms with van der Waals surface area (Å²) in [6.45, 7) is 0. The molecule has 0 spiro atoms. The first-order valence-corrected chi connectivity index (χ1v) is 3.85. The lowest BCUT2D eigenvalue weighted by atomic mass is 10.1. The number of alkyl halides is 1. The van der Waals surface area contributed by atoms with Crippen LogP contribution in [-0.4, -0.2) is 0 Å². The molecule has 0 aromatic heterocycles. The number of halogens is 3. The van der Waals surface area contributed by atoms with E-state index in [1.807, 2.05) is 6.07 Å². The molecule has 0 saturated carbocycles. The fourth-order valence-electron chi connectivity index (χ4n) is 0.844. The van der Waals surface area contributed by atoms with E-state index in [1.54, 1.807) is 24.3 Å².